The van der Waals surface area contributed by atoms with Gasteiger partial charge in [0.25, 0.3) is 5.91 Å². The summed E-state index contributed by atoms with van der Waals surface area (Å²) in [5.41, 5.74) is 3.77. The van der Waals surface area contributed by atoms with Gasteiger partial charge in [0.1, 0.15) is 0 Å². The Hall–Kier alpha value is -2.00. The highest BCUT2D eigenvalue weighted by Gasteiger charge is 2.35. The Balaban J connectivity index is 1.76. The van der Waals surface area contributed by atoms with Gasteiger partial charge in [-0.25, -0.2) is 0 Å². The molecule has 0 aliphatic carbocycles. The highest BCUT2D eigenvalue weighted by Crippen LogP contribution is 2.33. The number of nitrogens with one attached hydrogen (secondary N) is 1. The van der Waals surface area contributed by atoms with Crippen LogP contribution < -0.4 is 0 Å². The van der Waals surface area contributed by atoms with E-state index in [0.29, 0.717) is 15.2 Å². The summed E-state index contributed by atoms with van der Waals surface area (Å²) in [5, 5.41) is 15.6. The number of rotatable bonds is 2. The Kier molecular flexibility index (Phi) is 5.37. The zero-order valence-electron chi connectivity index (χ0n) is 15.7. The number of fused-ring (bicyclic) bond motifs is 1. The van der Waals surface area contributed by atoms with Gasteiger partial charge >= 0.3 is 0 Å². The number of hydrogen-bond donors (Lipinski definition) is 1. The lowest BCUT2D eigenvalue weighted by atomic mass is 10.1. The summed E-state index contributed by atoms with van der Waals surface area (Å²) >= 11 is 15.0. The summed E-state index contributed by atoms with van der Waals surface area (Å²) < 4.78 is 2.77. The minimum absolute atomic E-state index is 0.0240. The van der Waals surface area contributed by atoms with Crippen molar-refractivity contribution in [2.45, 2.75) is 13.8 Å². The first kappa shape index (κ1) is 20.3. The summed E-state index contributed by atoms with van der Waals surface area (Å²) in [5.74, 6) is -0.415. The molecule has 29 heavy (non-hydrogen) atoms. The Morgan fingerprint density at radius 3 is 2.66 bits per heavy atom. The van der Waals surface area contributed by atoms with Crippen LogP contribution in [-0.4, -0.2) is 37.1 Å². The third-order valence-corrected chi connectivity index (χ3v) is 7.17. The van der Waals surface area contributed by atoms with E-state index in [4.69, 9.17) is 28.6 Å². The van der Waals surface area contributed by atoms with Crippen LogP contribution in [0.2, 0.25) is 10.0 Å². The maximum atomic E-state index is 12.6. The van der Waals surface area contributed by atoms with Crippen LogP contribution in [0.1, 0.15) is 17.0 Å². The molecule has 0 fully saturated rings. The third kappa shape index (κ3) is 3.54. The van der Waals surface area contributed by atoms with Gasteiger partial charge in [-0.1, -0.05) is 23.2 Å². The topological polar surface area (TPSA) is 73.8 Å². The second kappa shape index (κ2) is 7.68. The standard InChI is InChI=1S/C19H15Cl2N5OS2/c1-9-6-11(10(2)25(9)12-4-5-14(20)15(21)8-12)7-13-16(22)26-18(23-17(13)27)29-19(24-26)28-3/h4-8,22H,1-3H3. The van der Waals surface area contributed by atoms with Gasteiger partial charge in [0.15, 0.2) is 10.2 Å². The van der Waals surface area contributed by atoms with Crippen molar-refractivity contribution in [1.82, 2.24) is 9.58 Å². The average Bonchev–Trinajstić information content (AvgIpc) is 3.21. The smallest absolute Gasteiger partial charge is 0.283 e. The first-order chi connectivity index (χ1) is 13.8. The number of benzene rings is 1. The molecule has 148 valence electrons. The maximum Gasteiger partial charge on any atom is 0.283 e. The zero-order chi connectivity index (χ0) is 20.9. The fraction of sp³-hybridized carbons (Fsp3) is 0.158. The molecular formula is C19H15Cl2N5OS2. The van der Waals surface area contributed by atoms with Crippen LogP contribution in [0.3, 0.4) is 0 Å². The van der Waals surface area contributed by atoms with Gasteiger partial charge < -0.3 is 4.57 Å². The predicted octanol–water partition coefficient (Wildman–Crippen LogP) is 5.34. The second-order valence-electron chi connectivity index (χ2n) is 6.35. The predicted molar refractivity (Wildman–Crippen MR) is 124 cm³/mol. The molecule has 0 spiro atoms. The molecule has 1 amide bonds. The molecule has 1 aromatic heterocycles. The molecule has 2 aliphatic rings. The minimum Gasteiger partial charge on any atom is -0.318 e. The maximum absolute atomic E-state index is 12.6. The number of hydrazone groups is 1. The molecule has 0 bridgehead atoms. The molecule has 0 unspecified atom stereocenters. The number of thioether (sulfide) groups is 2. The van der Waals surface area contributed by atoms with Crippen LogP contribution in [0.5, 0.6) is 0 Å². The van der Waals surface area contributed by atoms with Crippen molar-refractivity contribution in [3.63, 3.8) is 0 Å². The molecule has 2 aliphatic heterocycles. The van der Waals surface area contributed by atoms with E-state index in [1.807, 2.05) is 36.8 Å². The minimum atomic E-state index is -0.439. The molecule has 0 atom stereocenters. The van der Waals surface area contributed by atoms with E-state index in [2.05, 4.69) is 10.1 Å². The number of carbonyl (C=O) groups is 1. The Labute approximate surface area is 186 Å². The van der Waals surface area contributed by atoms with Gasteiger partial charge in [-0.2, -0.15) is 10.0 Å². The van der Waals surface area contributed by atoms with Crippen LogP contribution in [0.25, 0.3) is 11.8 Å². The SMILES string of the molecule is CSC1=NN2C(=N)C(=Cc3cc(C)n(-c4ccc(Cl)c(Cl)c4)c3C)C(=O)N=C2S1. The van der Waals surface area contributed by atoms with Gasteiger partial charge in [-0.15, -0.1) is 16.9 Å². The molecule has 3 heterocycles. The van der Waals surface area contributed by atoms with Gasteiger partial charge in [0.05, 0.1) is 15.6 Å². The summed E-state index contributed by atoms with van der Waals surface area (Å²) in [7, 11) is 0. The molecule has 2 aromatic rings. The van der Waals surface area contributed by atoms with Gasteiger partial charge in [-0.3, -0.25) is 10.2 Å². The summed E-state index contributed by atoms with van der Waals surface area (Å²) in [6, 6.07) is 7.39. The lowest BCUT2D eigenvalue weighted by Crippen LogP contribution is -2.35. The Bertz CT molecular complexity index is 1170. The van der Waals surface area contributed by atoms with E-state index >= 15 is 0 Å². The Morgan fingerprint density at radius 1 is 1.21 bits per heavy atom. The molecule has 0 radical (unpaired) electrons. The Morgan fingerprint density at radius 2 is 1.97 bits per heavy atom. The highest BCUT2D eigenvalue weighted by atomic mass is 35.5. The fourth-order valence-corrected chi connectivity index (χ4v) is 4.81. The molecule has 10 heteroatoms. The van der Waals surface area contributed by atoms with Crippen LogP contribution >= 0.6 is 46.7 Å². The van der Waals surface area contributed by atoms with Crippen LogP contribution in [0.4, 0.5) is 0 Å². The van der Waals surface area contributed by atoms with Crippen molar-refractivity contribution >= 4 is 74.1 Å². The largest absolute Gasteiger partial charge is 0.318 e. The molecule has 1 aromatic carbocycles. The number of carbonyl (C=O) groups excluding carboxylic acids is 1. The molecule has 0 saturated heterocycles. The molecule has 6 nitrogen and oxygen atoms in total. The van der Waals surface area contributed by atoms with Crippen LogP contribution in [0.15, 0.2) is 39.9 Å². The van der Waals surface area contributed by atoms with Crippen LogP contribution in [0, 0.1) is 19.3 Å². The number of nitrogens with zero attached hydrogens (tertiary/aromatic N) is 4. The summed E-state index contributed by atoms with van der Waals surface area (Å²) in [6.45, 7) is 3.91. The number of aryl methyl sites for hydroxylation is 1. The van der Waals surface area contributed by atoms with Crippen molar-refractivity contribution < 1.29 is 4.79 Å². The number of hydrogen-bond acceptors (Lipinski definition) is 5. The molecule has 4 rings (SSSR count). The van der Waals surface area contributed by atoms with E-state index in [1.54, 1.807) is 18.2 Å². The third-order valence-electron chi connectivity index (χ3n) is 4.54. The van der Waals surface area contributed by atoms with Gasteiger partial charge in [0.2, 0.25) is 5.17 Å². The van der Waals surface area contributed by atoms with Crippen molar-refractivity contribution in [3.8, 4) is 5.69 Å². The molecule has 1 N–H and O–H groups in total. The van der Waals surface area contributed by atoms with E-state index in [-0.39, 0.29) is 11.4 Å². The zero-order valence-corrected chi connectivity index (χ0v) is 18.8. The lowest BCUT2D eigenvalue weighted by molar-refractivity contribution is -0.114. The van der Waals surface area contributed by atoms with E-state index in [9.17, 15) is 4.79 Å². The van der Waals surface area contributed by atoms with E-state index in [1.165, 1.54) is 28.5 Å². The number of amidine groups is 2. The van der Waals surface area contributed by atoms with Gasteiger partial charge in [0, 0.05) is 17.1 Å². The molecular weight excluding hydrogens is 449 g/mol. The molecule has 0 saturated carbocycles. The van der Waals surface area contributed by atoms with E-state index in [0.717, 1.165) is 27.0 Å². The normalized spacial score (nSPS) is 17.7. The lowest BCUT2D eigenvalue weighted by Gasteiger charge is -2.20. The quantitative estimate of drug-likeness (QED) is 0.609. The first-order valence-electron chi connectivity index (χ1n) is 8.48. The monoisotopic (exact) mass is 463 g/mol. The first-order valence-corrected chi connectivity index (χ1v) is 11.3. The number of amides is 1. The van der Waals surface area contributed by atoms with Crippen LogP contribution in [-0.2, 0) is 4.79 Å². The summed E-state index contributed by atoms with van der Waals surface area (Å²) in [6.07, 6.45) is 3.59. The van der Waals surface area contributed by atoms with E-state index < -0.39 is 5.91 Å². The van der Waals surface area contributed by atoms with Crippen molar-refractivity contribution in [1.29, 1.82) is 5.41 Å². The number of halogens is 2. The van der Waals surface area contributed by atoms with Crippen molar-refractivity contribution in [2.24, 2.45) is 10.1 Å². The average molecular weight is 464 g/mol. The second-order valence-corrected chi connectivity index (χ2v) is 9.17. The highest BCUT2D eigenvalue weighted by molar-refractivity contribution is 8.45. The van der Waals surface area contributed by atoms with Crippen molar-refractivity contribution in [2.75, 3.05) is 6.26 Å². The number of aromatic nitrogens is 1. The summed E-state index contributed by atoms with van der Waals surface area (Å²) in [4.78, 5) is 16.7. The van der Waals surface area contributed by atoms with Gasteiger partial charge in [-0.05, 0) is 67.8 Å². The van der Waals surface area contributed by atoms with Crippen molar-refractivity contribution in [3.05, 3.63) is 56.8 Å². The number of aliphatic imine (C=N–C) groups is 1. The fourth-order valence-electron chi connectivity index (χ4n) is 3.17.